The van der Waals surface area contributed by atoms with Crippen LogP contribution in [-0.2, 0) is 0 Å². The topological polar surface area (TPSA) is 47.2 Å². The van der Waals surface area contributed by atoms with Crippen LogP contribution in [0.25, 0.3) is 10.9 Å². The normalized spacial score (nSPS) is 12.2. The maximum Gasteiger partial charge on any atom is 0.180 e. The van der Waals surface area contributed by atoms with Gasteiger partial charge in [-0.3, -0.25) is 4.79 Å². The van der Waals surface area contributed by atoms with E-state index in [1.54, 1.807) is 6.92 Å². The van der Waals surface area contributed by atoms with Crippen molar-refractivity contribution in [3.05, 3.63) is 95.2 Å². The summed E-state index contributed by atoms with van der Waals surface area (Å²) in [4.78, 5) is 17.6. The van der Waals surface area contributed by atoms with E-state index in [4.69, 9.17) is 10.1 Å². The molecule has 4 aromatic rings. The minimum absolute atomic E-state index is 0.0576. The molecule has 0 saturated carbocycles. The molecular formula is C28H29N3O. The summed E-state index contributed by atoms with van der Waals surface area (Å²) in [6.07, 6.45) is 0. The summed E-state index contributed by atoms with van der Waals surface area (Å²) in [5.41, 5.74) is 5.67. The van der Waals surface area contributed by atoms with Crippen molar-refractivity contribution in [1.29, 1.82) is 0 Å². The summed E-state index contributed by atoms with van der Waals surface area (Å²) in [6.45, 7) is 10.3. The third kappa shape index (κ3) is 4.01. The van der Waals surface area contributed by atoms with E-state index >= 15 is 0 Å². The lowest BCUT2D eigenvalue weighted by atomic mass is 9.93. The van der Waals surface area contributed by atoms with Gasteiger partial charge in [0, 0.05) is 17.9 Å². The van der Waals surface area contributed by atoms with E-state index in [0.29, 0.717) is 23.4 Å². The monoisotopic (exact) mass is 423 g/mol. The van der Waals surface area contributed by atoms with Gasteiger partial charge < -0.3 is 0 Å². The van der Waals surface area contributed by atoms with Gasteiger partial charge in [0.1, 0.15) is 5.69 Å². The van der Waals surface area contributed by atoms with Crippen molar-refractivity contribution >= 4 is 28.2 Å². The molecule has 0 spiro atoms. The SMILES string of the molecule is CC(=O)c1nn(C(=Nc2c(C(C)C)cccc2C(C)C)c2ccccc2)c2ccccc12. The van der Waals surface area contributed by atoms with Crippen LogP contribution in [0.1, 0.15) is 73.6 Å². The van der Waals surface area contributed by atoms with Crippen molar-refractivity contribution in [3.63, 3.8) is 0 Å². The summed E-state index contributed by atoms with van der Waals surface area (Å²) in [5.74, 6) is 1.31. The summed E-state index contributed by atoms with van der Waals surface area (Å²) < 4.78 is 1.82. The molecule has 0 amide bonds. The lowest BCUT2D eigenvalue weighted by Gasteiger charge is -2.18. The van der Waals surface area contributed by atoms with Crippen LogP contribution in [0.4, 0.5) is 5.69 Å². The summed E-state index contributed by atoms with van der Waals surface area (Å²) in [6, 6.07) is 24.3. The largest absolute Gasteiger partial charge is 0.293 e. The summed E-state index contributed by atoms with van der Waals surface area (Å²) >= 11 is 0. The zero-order chi connectivity index (χ0) is 22.8. The van der Waals surface area contributed by atoms with Gasteiger partial charge in [-0.05, 0) is 29.0 Å². The molecule has 0 saturated heterocycles. The number of rotatable bonds is 5. The highest BCUT2D eigenvalue weighted by Gasteiger charge is 2.20. The molecule has 1 heterocycles. The van der Waals surface area contributed by atoms with Crippen LogP contribution >= 0.6 is 0 Å². The number of nitrogens with zero attached hydrogens (tertiary/aromatic N) is 3. The van der Waals surface area contributed by atoms with Gasteiger partial charge in [-0.1, -0.05) is 94.4 Å². The highest BCUT2D eigenvalue weighted by Crippen LogP contribution is 2.35. The number of para-hydroxylation sites is 2. The van der Waals surface area contributed by atoms with Crippen molar-refractivity contribution in [3.8, 4) is 0 Å². The number of hydrogen-bond acceptors (Lipinski definition) is 3. The van der Waals surface area contributed by atoms with Gasteiger partial charge in [0.05, 0.1) is 11.2 Å². The highest BCUT2D eigenvalue weighted by atomic mass is 16.1. The maximum absolute atomic E-state index is 12.4. The lowest BCUT2D eigenvalue weighted by molar-refractivity contribution is 0.101. The number of Topliss-reactive ketones (excluding diaryl/α,β-unsaturated/α-hetero) is 1. The molecule has 3 aromatic carbocycles. The van der Waals surface area contributed by atoms with Crippen LogP contribution in [0.2, 0.25) is 0 Å². The van der Waals surface area contributed by atoms with Crippen LogP contribution in [0.5, 0.6) is 0 Å². The fourth-order valence-electron chi connectivity index (χ4n) is 4.06. The van der Waals surface area contributed by atoms with Gasteiger partial charge in [-0.2, -0.15) is 5.10 Å². The Hall–Kier alpha value is -3.53. The average Bonchev–Trinajstić information content (AvgIpc) is 3.17. The van der Waals surface area contributed by atoms with Crippen molar-refractivity contribution in [2.24, 2.45) is 4.99 Å². The Balaban J connectivity index is 2.08. The van der Waals surface area contributed by atoms with Crippen molar-refractivity contribution in [1.82, 2.24) is 9.78 Å². The van der Waals surface area contributed by atoms with E-state index in [2.05, 4.69) is 45.9 Å². The molecule has 0 radical (unpaired) electrons. The Labute approximate surface area is 189 Å². The number of hydrogen-bond donors (Lipinski definition) is 0. The molecule has 0 atom stereocenters. The fraction of sp³-hybridized carbons (Fsp3) is 0.250. The van der Waals surface area contributed by atoms with Crippen LogP contribution in [0.3, 0.4) is 0 Å². The predicted octanol–water partition coefficient (Wildman–Crippen LogP) is 7.11. The molecule has 0 bridgehead atoms. The molecule has 0 unspecified atom stereocenters. The number of fused-ring (bicyclic) bond motifs is 1. The second-order valence-corrected chi connectivity index (χ2v) is 8.73. The lowest BCUT2D eigenvalue weighted by Crippen LogP contribution is -2.16. The van der Waals surface area contributed by atoms with Crippen molar-refractivity contribution < 1.29 is 4.79 Å². The first-order valence-corrected chi connectivity index (χ1v) is 11.1. The molecule has 4 heteroatoms. The number of carbonyl (C=O) groups excluding carboxylic acids is 1. The molecule has 0 aliphatic rings. The third-order valence-corrected chi connectivity index (χ3v) is 5.71. The average molecular weight is 424 g/mol. The molecule has 4 rings (SSSR count). The summed E-state index contributed by atoms with van der Waals surface area (Å²) in [5, 5.41) is 5.58. The van der Waals surface area contributed by atoms with E-state index < -0.39 is 0 Å². The number of aliphatic imine (C=N–C) groups is 1. The van der Waals surface area contributed by atoms with Gasteiger partial charge in [0.2, 0.25) is 0 Å². The molecular weight excluding hydrogens is 394 g/mol. The minimum Gasteiger partial charge on any atom is -0.293 e. The molecule has 0 N–H and O–H groups in total. The van der Waals surface area contributed by atoms with Crippen LogP contribution in [0, 0.1) is 0 Å². The second-order valence-electron chi connectivity index (χ2n) is 8.73. The third-order valence-electron chi connectivity index (χ3n) is 5.71. The highest BCUT2D eigenvalue weighted by molar-refractivity contribution is 6.11. The minimum atomic E-state index is -0.0576. The Kier molecular flexibility index (Phi) is 6.04. The Morgan fingerprint density at radius 1 is 0.812 bits per heavy atom. The molecule has 0 fully saturated rings. The Morgan fingerprint density at radius 2 is 1.41 bits per heavy atom. The number of benzene rings is 3. The van der Waals surface area contributed by atoms with Gasteiger partial charge in [-0.15, -0.1) is 0 Å². The molecule has 4 nitrogen and oxygen atoms in total. The maximum atomic E-state index is 12.4. The second kappa shape index (κ2) is 8.91. The quantitative estimate of drug-likeness (QED) is 0.195. The van der Waals surface area contributed by atoms with Crippen molar-refractivity contribution in [2.45, 2.75) is 46.5 Å². The van der Waals surface area contributed by atoms with Crippen LogP contribution < -0.4 is 0 Å². The van der Waals surface area contributed by atoms with Gasteiger partial charge >= 0.3 is 0 Å². The van der Waals surface area contributed by atoms with Gasteiger partial charge in [-0.25, -0.2) is 9.67 Å². The number of ketones is 1. The van der Waals surface area contributed by atoms with Crippen LogP contribution in [-0.4, -0.2) is 21.4 Å². The van der Waals surface area contributed by atoms with E-state index in [1.165, 1.54) is 11.1 Å². The Morgan fingerprint density at radius 3 is 2.00 bits per heavy atom. The molecule has 1 aromatic heterocycles. The van der Waals surface area contributed by atoms with Crippen LogP contribution in [0.15, 0.2) is 77.8 Å². The fourth-order valence-corrected chi connectivity index (χ4v) is 4.06. The zero-order valence-corrected chi connectivity index (χ0v) is 19.3. The van der Waals surface area contributed by atoms with E-state index in [0.717, 1.165) is 22.2 Å². The first-order chi connectivity index (χ1) is 15.4. The smallest absolute Gasteiger partial charge is 0.180 e. The van der Waals surface area contributed by atoms with Crippen molar-refractivity contribution in [2.75, 3.05) is 0 Å². The van der Waals surface area contributed by atoms with Gasteiger partial charge in [0.15, 0.2) is 11.6 Å². The molecule has 162 valence electrons. The number of aromatic nitrogens is 2. The standard InChI is InChI=1S/C28H29N3O/c1-18(2)22-15-11-16-23(19(3)4)27(22)29-28(21-12-7-6-8-13-21)31-25-17-10-9-14-24(25)26(30-31)20(5)32/h6-19H,1-5H3. The Bertz CT molecular complexity index is 1270. The summed E-state index contributed by atoms with van der Waals surface area (Å²) in [7, 11) is 0. The van der Waals surface area contributed by atoms with E-state index in [9.17, 15) is 4.79 Å². The van der Waals surface area contributed by atoms with Gasteiger partial charge in [0.25, 0.3) is 0 Å². The van der Waals surface area contributed by atoms with E-state index in [-0.39, 0.29) is 5.78 Å². The molecule has 0 aliphatic carbocycles. The predicted molar refractivity (Wildman–Crippen MR) is 132 cm³/mol. The molecule has 32 heavy (non-hydrogen) atoms. The number of carbonyl (C=O) groups is 1. The zero-order valence-electron chi connectivity index (χ0n) is 19.3. The first kappa shape index (κ1) is 21.7. The van der Waals surface area contributed by atoms with E-state index in [1.807, 2.05) is 59.3 Å². The first-order valence-electron chi connectivity index (χ1n) is 11.1. The molecule has 0 aliphatic heterocycles.